The van der Waals surface area contributed by atoms with Gasteiger partial charge in [-0.05, 0) is 48.7 Å². The molecule has 0 amide bonds. The second-order valence-electron chi connectivity index (χ2n) is 6.92. The lowest BCUT2D eigenvalue weighted by Gasteiger charge is -2.26. The molecule has 3 atom stereocenters. The lowest BCUT2D eigenvalue weighted by Crippen LogP contribution is -2.26. The average molecular weight is 402 g/mol. The van der Waals surface area contributed by atoms with Crippen molar-refractivity contribution in [2.75, 3.05) is 27.4 Å². The molecule has 0 saturated carbocycles. The van der Waals surface area contributed by atoms with Crippen LogP contribution in [0.5, 0.6) is 23.0 Å². The molecule has 7 nitrogen and oxygen atoms in total. The number of methoxy groups -OCH3 is 2. The molecule has 2 N–H and O–H groups in total. The van der Waals surface area contributed by atoms with E-state index in [1.165, 1.54) is 14.2 Å². The molecule has 1 aliphatic rings. The molecule has 0 unspecified atom stereocenters. The molecule has 0 bridgehead atoms. The molecule has 2 aromatic rings. The van der Waals surface area contributed by atoms with E-state index in [9.17, 15) is 15.0 Å². The number of carbonyl (C=O) groups is 1. The van der Waals surface area contributed by atoms with E-state index in [0.29, 0.717) is 24.5 Å². The Morgan fingerprint density at radius 1 is 1.07 bits per heavy atom. The fourth-order valence-corrected chi connectivity index (χ4v) is 3.73. The SMILES string of the molecule is CCO[C@@H](c1ccc(O)c(OC)c1)[C@H]1COC(=O)[C@@H]1Cc1ccc(O)c(OC)c1. The van der Waals surface area contributed by atoms with Crippen molar-refractivity contribution in [2.24, 2.45) is 11.8 Å². The van der Waals surface area contributed by atoms with Gasteiger partial charge in [0.2, 0.25) is 0 Å². The molecule has 1 fully saturated rings. The van der Waals surface area contributed by atoms with Crippen LogP contribution in [0.25, 0.3) is 0 Å². The number of carbonyl (C=O) groups excluding carboxylic acids is 1. The van der Waals surface area contributed by atoms with Crippen molar-refractivity contribution in [3.63, 3.8) is 0 Å². The second kappa shape index (κ2) is 9.05. The van der Waals surface area contributed by atoms with Crippen LogP contribution in [0.2, 0.25) is 0 Å². The Hall–Kier alpha value is -2.93. The van der Waals surface area contributed by atoms with E-state index in [-0.39, 0.29) is 30.0 Å². The fourth-order valence-electron chi connectivity index (χ4n) is 3.73. The van der Waals surface area contributed by atoms with Crippen LogP contribution in [0.3, 0.4) is 0 Å². The predicted molar refractivity (Wildman–Crippen MR) is 105 cm³/mol. The number of phenolic OH excluding ortho intramolecular Hbond substituents is 2. The van der Waals surface area contributed by atoms with Crippen LogP contribution in [-0.2, 0) is 20.7 Å². The summed E-state index contributed by atoms with van der Waals surface area (Å²) in [6.07, 6.45) is 0.0313. The molecule has 3 rings (SSSR count). The minimum absolute atomic E-state index is 0.0398. The highest BCUT2D eigenvalue weighted by molar-refractivity contribution is 5.75. The Balaban J connectivity index is 1.90. The van der Waals surface area contributed by atoms with Crippen LogP contribution < -0.4 is 9.47 Å². The van der Waals surface area contributed by atoms with Gasteiger partial charge in [-0.2, -0.15) is 0 Å². The van der Waals surface area contributed by atoms with Gasteiger partial charge in [-0.15, -0.1) is 0 Å². The van der Waals surface area contributed by atoms with E-state index in [4.69, 9.17) is 18.9 Å². The van der Waals surface area contributed by atoms with Gasteiger partial charge in [0.15, 0.2) is 23.0 Å². The standard InChI is InChI=1S/C22H26O7/c1-4-28-21(14-6-8-18(24)20(11-14)27-3)16-12-29-22(25)15(16)9-13-5-7-17(23)19(10-13)26-2/h5-8,10-11,15-16,21,23-24H,4,9,12H2,1-3H3/t15-,16+,21+/m1/s1. The van der Waals surface area contributed by atoms with Crippen LogP contribution in [-0.4, -0.2) is 43.6 Å². The number of aromatic hydroxyl groups is 2. The third-order valence-electron chi connectivity index (χ3n) is 5.20. The number of benzene rings is 2. The van der Waals surface area contributed by atoms with Crippen LogP contribution in [0.1, 0.15) is 24.2 Å². The lowest BCUT2D eigenvalue weighted by atomic mass is 9.82. The van der Waals surface area contributed by atoms with Crippen LogP contribution >= 0.6 is 0 Å². The molecule has 156 valence electrons. The van der Waals surface area contributed by atoms with Gasteiger partial charge in [0.1, 0.15) is 0 Å². The third kappa shape index (κ3) is 4.40. The summed E-state index contributed by atoms with van der Waals surface area (Å²) in [6.45, 7) is 2.59. The van der Waals surface area contributed by atoms with Crippen molar-refractivity contribution in [3.8, 4) is 23.0 Å². The zero-order valence-electron chi connectivity index (χ0n) is 16.8. The van der Waals surface area contributed by atoms with Gasteiger partial charge in [0.05, 0.1) is 32.8 Å². The maximum Gasteiger partial charge on any atom is 0.309 e. The highest BCUT2D eigenvalue weighted by Crippen LogP contribution is 2.41. The molecule has 7 heteroatoms. The summed E-state index contributed by atoms with van der Waals surface area (Å²) in [5.41, 5.74) is 1.66. The van der Waals surface area contributed by atoms with Gasteiger partial charge < -0.3 is 29.2 Å². The summed E-state index contributed by atoms with van der Waals surface area (Å²) >= 11 is 0. The average Bonchev–Trinajstić information content (AvgIpc) is 3.08. The maximum absolute atomic E-state index is 12.5. The molecule has 1 aliphatic heterocycles. The van der Waals surface area contributed by atoms with Crippen LogP contribution in [0, 0.1) is 11.8 Å². The Morgan fingerprint density at radius 2 is 1.72 bits per heavy atom. The number of ether oxygens (including phenoxy) is 4. The fraction of sp³-hybridized carbons (Fsp3) is 0.409. The smallest absolute Gasteiger partial charge is 0.309 e. The molecule has 1 heterocycles. The zero-order valence-corrected chi connectivity index (χ0v) is 16.8. The topological polar surface area (TPSA) is 94.5 Å². The molecule has 29 heavy (non-hydrogen) atoms. The molecule has 0 aromatic heterocycles. The first-order valence-electron chi connectivity index (χ1n) is 9.49. The number of phenols is 2. The molecule has 1 saturated heterocycles. The van der Waals surface area contributed by atoms with Gasteiger partial charge in [0.25, 0.3) is 0 Å². The monoisotopic (exact) mass is 402 g/mol. The summed E-state index contributed by atoms with van der Waals surface area (Å²) in [6, 6.07) is 10.1. The number of esters is 1. The van der Waals surface area contributed by atoms with Crippen LogP contribution in [0.15, 0.2) is 36.4 Å². The normalized spacial score (nSPS) is 19.6. The van der Waals surface area contributed by atoms with Crippen molar-refractivity contribution in [1.82, 2.24) is 0 Å². The Bertz CT molecular complexity index is 864. The molecule has 0 aliphatic carbocycles. The van der Waals surface area contributed by atoms with Gasteiger partial charge in [0, 0.05) is 12.5 Å². The summed E-state index contributed by atoms with van der Waals surface area (Å²) in [4.78, 5) is 12.5. The van der Waals surface area contributed by atoms with E-state index >= 15 is 0 Å². The van der Waals surface area contributed by atoms with Crippen molar-refractivity contribution >= 4 is 5.97 Å². The first-order chi connectivity index (χ1) is 14.0. The number of cyclic esters (lactones) is 1. The number of hydrogen-bond donors (Lipinski definition) is 2. The van der Waals surface area contributed by atoms with Gasteiger partial charge in [-0.25, -0.2) is 0 Å². The van der Waals surface area contributed by atoms with E-state index < -0.39 is 12.0 Å². The zero-order chi connectivity index (χ0) is 21.0. The predicted octanol–water partition coefficient (Wildman–Crippen LogP) is 3.22. The highest BCUT2D eigenvalue weighted by atomic mass is 16.5. The third-order valence-corrected chi connectivity index (χ3v) is 5.20. The quantitative estimate of drug-likeness (QED) is 0.655. The summed E-state index contributed by atoms with van der Waals surface area (Å²) in [5.74, 6) is -0.120. The maximum atomic E-state index is 12.5. The number of hydrogen-bond acceptors (Lipinski definition) is 7. The second-order valence-corrected chi connectivity index (χ2v) is 6.92. The van der Waals surface area contributed by atoms with E-state index in [2.05, 4.69) is 0 Å². The summed E-state index contributed by atoms with van der Waals surface area (Å²) < 4.78 is 21.8. The van der Waals surface area contributed by atoms with Gasteiger partial charge in [-0.1, -0.05) is 12.1 Å². The largest absolute Gasteiger partial charge is 0.504 e. The van der Waals surface area contributed by atoms with Crippen molar-refractivity contribution in [1.29, 1.82) is 0 Å². The summed E-state index contributed by atoms with van der Waals surface area (Å²) in [7, 11) is 2.96. The Morgan fingerprint density at radius 3 is 2.38 bits per heavy atom. The molecule has 0 spiro atoms. The van der Waals surface area contributed by atoms with E-state index in [0.717, 1.165) is 11.1 Å². The lowest BCUT2D eigenvalue weighted by molar-refractivity contribution is -0.141. The van der Waals surface area contributed by atoms with Crippen LogP contribution in [0.4, 0.5) is 0 Å². The molecule has 2 aromatic carbocycles. The molecular formula is C22H26O7. The number of rotatable bonds is 8. The molecule has 0 radical (unpaired) electrons. The van der Waals surface area contributed by atoms with Crippen molar-refractivity contribution in [2.45, 2.75) is 19.4 Å². The minimum Gasteiger partial charge on any atom is -0.504 e. The Kier molecular flexibility index (Phi) is 6.49. The first-order valence-corrected chi connectivity index (χ1v) is 9.49. The highest BCUT2D eigenvalue weighted by Gasteiger charge is 2.42. The summed E-state index contributed by atoms with van der Waals surface area (Å²) in [5, 5.41) is 19.7. The van der Waals surface area contributed by atoms with Crippen molar-refractivity contribution in [3.05, 3.63) is 47.5 Å². The Labute approximate surface area is 169 Å². The first kappa shape index (κ1) is 20.8. The van der Waals surface area contributed by atoms with E-state index in [1.807, 2.05) is 6.92 Å². The van der Waals surface area contributed by atoms with Gasteiger partial charge in [-0.3, -0.25) is 4.79 Å². The molecular weight excluding hydrogens is 376 g/mol. The van der Waals surface area contributed by atoms with Gasteiger partial charge >= 0.3 is 5.97 Å². The van der Waals surface area contributed by atoms with E-state index in [1.54, 1.807) is 36.4 Å². The van der Waals surface area contributed by atoms with Crippen molar-refractivity contribution < 1.29 is 34.0 Å². The minimum atomic E-state index is -0.416.